The first-order valence-corrected chi connectivity index (χ1v) is 11.8. The van der Waals surface area contributed by atoms with E-state index in [0.717, 1.165) is 11.3 Å². The van der Waals surface area contributed by atoms with Crippen LogP contribution in [-0.4, -0.2) is 40.8 Å². The summed E-state index contributed by atoms with van der Waals surface area (Å²) >= 11 is 1.20. The third-order valence-corrected chi connectivity index (χ3v) is 6.53. The SMILES string of the molecule is COc1ccc(CCN2C(=O)C(CC(=O)Nc3ccc(F)cc3)SC2=Nc2ccc(F)cc2)cc1. The lowest BCUT2D eigenvalue weighted by atomic mass is 10.1. The molecule has 180 valence electrons. The molecule has 6 nitrogen and oxygen atoms in total. The normalized spacial score (nSPS) is 16.5. The fourth-order valence-corrected chi connectivity index (χ4v) is 4.69. The number of ether oxygens (including phenoxy) is 1. The highest BCUT2D eigenvalue weighted by atomic mass is 32.2. The molecule has 35 heavy (non-hydrogen) atoms. The summed E-state index contributed by atoms with van der Waals surface area (Å²) in [5.74, 6) is -0.624. The van der Waals surface area contributed by atoms with Crippen LogP contribution in [0.15, 0.2) is 77.8 Å². The van der Waals surface area contributed by atoms with Gasteiger partial charge >= 0.3 is 0 Å². The van der Waals surface area contributed by atoms with Gasteiger partial charge in [-0.05, 0) is 72.6 Å². The van der Waals surface area contributed by atoms with Crippen LogP contribution in [0, 0.1) is 11.6 Å². The van der Waals surface area contributed by atoms with E-state index in [-0.39, 0.29) is 24.1 Å². The van der Waals surface area contributed by atoms with Gasteiger partial charge in [-0.3, -0.25) is 14.5 Å². The summed E-state index contributed by atoms with van der Waals surface area (Å²) in [6.45, 7) is 0.369. The van der Waals surface area contributed by atoms with Crippen molar-refractivity contribution < 1.29 is 23.1 Å². The van der Waals surface area contributed by atoms with Crippen molar-refractivity contribution in [3.8, 4) is 5.75 Å². The molecule has 2 amide bonds. The average Bonchev–Trinajstić information content (AvgIpc) is 3.14. The number of carbonyl (C=O) groups excluding carboxylic acids is 2. The molecular weight excluding hydrogens is 472 g/mol. The van der Waals surface area contributed by atoms with Gasteiger partial charge in [-0.25, -0.2) is 13.8 Å². The Morgan fingerprint density at radius 3 is 2.26 bits per heavy atom. The van der Waals surface area contributed by atoms with Crippen LogP contribution in [-0.2, 0) is 16.0 Å². The molecule has 0 saturated carbocycles. The van der Waals surface area contributed by atoms with E-state index in [1.165, 1.54) is 60.3 Å². The van der Waals surface area contributed by atoms with Crippen LogP contribution in [0.5, 0.6) is 5.75 Å². The number of benzene rings is 3. The highest BCUT2D eigenvalue weighted by Crippen LogP contribution is 2.32. The van der Waals surface area contributed by atoms with Crippen molar-refractivity contribution in [1.29, 1.82) is 0 Å². The third-order valence-electron chi connectivity index (χ3n) is 5.35. The summed E-state index contributed by atoms with van der Waals surface area (Å²) in [7, 11) is 1.60. The molecule has 4 rings (SSSR count). The Kier molecular flexibility index (Phi) is 7.77. The van der Waals surface area contributed by atoms with Crippen molar-refractivity contribution in [2.24, 2.45) is 4.99 Å². The topological polar surface area (TPSA) is 71.0 Å². The van der Waals surface area contributed by atoms with Gasteiger partial charge in [0.2, 0.25) is 11.8 Å². The molecule has 1 aliphatic heterocycles. The van der Waals surface area contributed by atoms with Crippen LogP contribution < -0.4 is 10.1 Å². The molecule has 1 aliphatic rings. The Morgan fingerprint density at radius 1 is 1.00 bits per heavy atom. The second-order valence-corrected chi connectivity index (χ2v) is 8.99. The van der Waals surface area contributed by atoms with E-state index in [0.29, 0.717) is 29.5 Å². The van der Waals surface area contributed by atoms with Crippen LogP contribution in [0.2, 0.25) is 0 Å². The molecule has 9 heteroatoms. The number of amidine groups is 1. The second-order valence-electron chi connectivity index (χ2n) is 7.82. The van der Waals surface area contributed by atoms with E-state index in [9.17, 15) is 18.4 Å². The van der Waals surface area contributed by atoms with Crippen LogP contribution in [0.25, 0.3) is 0 Å². The van der Waals surface area contributed by atoms with Gasteiger partial charge in [-0.15, -0.1) is 0 Å². The van der Waals surface area contributed by atoms with Gasteiger partial charge in [-0.2, -0.15) is 0 Å². The van der Waals surface area contributed by atoms with Crippen molar-refractivity contribution in [1.82, 2.24) is 4.90 Å². The van der Waals surface area contributed by atoms with E-state index in [1.54, 1.807) is 12.0 Å². The number of carbonyl (C=O) groups is 2. The Labute approximate surface area is 206 Å². The number of halogens is 2. The van der Waals surface area contributed by atoms with Gasteiger partial charge in [0.25, 0.3) is 0 Å². The Hall–Kier alpha value is -3.72. The van der Waals surface area contributed by atoms with Crippen LogP contribution in [0.1, 0.15) is 12.0 Å². The summed E-state index contributed by atoms with van der Waals surface area (Å²) in [5.41, 5.74) is 1.97. The molecule has 0 spiro atoms. The average molecular weight is 496 g/mol. The second kappa shape index (κ2) is 11.1. The smallest absolute Gasteiger partial charge is 0.242 e. The van der Waals surface area contributed by atoms with Crippen LogP contribution >= 0.6 is 11.8 Å². The number of aliphatic imine (C=N–C) groups is 1. The van der Waals surface area contributed by atoms with E-state index >= 15 is 0 Å². The minimum Gasteiger partial charge on any atom is -0.497 e. The molecule has 1 fully saturated rings. The van der Waals surface area contributed by atoms with E-state index in [1.807, 2.05) is 24.3 Å². The quantitative estimate of drug-likeness (QED) is 0.468. The van der Waals surface area contributed by atoms with E-state index in [4.69, 9.17) is 4.74 Å². The molecule has 1 N–H and O–H groups in total. The number of amides is 2. The maximum Gasteiger partial charge on any atom is 0.242 e. The van der Waals surface area contributed by atoms with Crippen LogP contribution in [0.4, 0.5) is 20.2 Å². The first-order valence-electron chi connectivity index (χ1n) is 10.9. The number of hydrogen-bond acceptors (Lipinski definition) is 5. The minimum absolute atomic E-state index is 0.0671. The number of nitrogens with zero attached hydrogens (tertiary/aromatic N) is 2. The number of thioether (sulfide) groups is 1. The van der Waals surface area contributed by atoms with Crippen molar-refractivity contribution >= 4 is 40.1 Å². The lowest BCUT2D eigenvalue weighted by Crippen LogP contribution is -2.35. The lowest BCUT2D eigenvalue weighted by molar-refractivity contribution is -0.128. The van der Waals surface area contributed by atoms with Gasteiger partial charge in [-0.1, -0.05) is 23.9 Å². The molecule has 0 bridgehead atoms. The van der Waals surface area contributed by atoms with Crippen molar-refractivity contribution in [3.05, 3.63) is 90.0 Å². The Balaban J connectivity index is 1.49. The number of methoxy groups -OCH3 is 1. The standard InChI is InChI=1S/C26H23F2N3O3S/c1-34-22-12-2-17(3-13-22)14-15-31-25(33)23(16-24(32)29-20-8-4-18(27)5-9-20)35-26(31)30-21-10-6-19(28)7-11-21/h2-13,23H,14-16H2,1H3,(H,29,32). The fourth-order valence-electron chi connectivity index (χ4n) is 3.50. The molecule has 3 aromatic carbocycles. The molecule has 1 atom stereocenters. The maximum atomic E-state index is 13.3. The zero-order chi connectivity index (χ0) is 24.8. The fraction of sp³-hybridized carbons (Fsp3) is 0.192. The monoisotopic (exact) mass is 495 g/mol. The van der Waals surface area contributed by atoms with Gasteiger partial charge in [0, 0.05) is 18.7 Å². The largest absolute Gasteiger partial charge is 0.497 e. The molecule has 1 unspecified atom stereocenters. The first kappa shape index (κ1) is 24.4. The van der Waals surface area contributed by atoms with E-state index in [2.05, 4.69) is 10.3 Å². The molecule has 1 saturated heterocycles. The zero-order valence-electron chi connectivity index (χ0n) is 18.9. The number of hydrogen-bond donors (Lipinski definition) is 1. The highest BCUT2D eigenvalue weighted by molar-refractivity contribution is 8.15. The predicted molar refractivity (Wildman–Crippen MR) is 133 cm³/mol. The highest BCUT2D eigenvalue weighted by Gasteiger charge is 2.39. The van der Waals surface area contributed by atoms with Crippen LogP contribution in [0.3, 0.4) is 0 Å². The van der Waals surface area contributed by atoms with Gasteiger partial charge < -0.3 is 10.1 Å². The van der Waals surface area contributed by atoms with Crippen molar-refractivity contribution in [2.75, 3.05) is 19.0 Å². The van der Waals surface area contributed by atoms with Gasteiger partial charge in [0.1, 0.15) is 22.6 Å². The van der Waals surface area contributed by atoms with Crippen molar-refractivity contribution in [3.63, 3.8) is 0 Å². The molecular formula is C26H23F2N3O3S. The van der Waals surface area contributed by atoms with Gasteiger partial charge in [0.05, 0.1) is 12.8 Å². The number of rotatable bonds is 8. The lowest BCUT2D eigenvalue weighted by Gasteiger charge is -2.16. The molecule has 0 aliphatic carbocycles. The number of anilines is 1. The summed E-state index contributed by atoms with van der Waals surface area (Å²) in [6.07, 6.45) is 0.510. The van der Waals surface area contributed by atoms with Gasteiger partial charge in [0.15, 0.2) is 5.17 Å². The summed E-state index contributed by atoms with van der Waals surface area (Å²) in [5, 5.41) is 2.48. The Morgan fingerprint density at radius 2 is 1.63 bits per heavy atom. The third kappa shape index (κ3) is 6.45. The van der Waals surface area contributed by atoms with Crippen molar-refractivity contribution in [2.45, 2.75) is 18.1 Å². The maximum absolute atomic E-state index is 13.3. The summed E-state index contributed by atoms with van der Waals surface area (Å²) in [6, 6.07) is 18.6. The molecule has 0 aromatic heterocycles. The minimum atomic E-state index is -0.662. The van der Waals surface area contributed by atoms with E-state index < -0.39 is 11.1 Å². The Bertz CT molecular complexity index is 1220. The first-order chi connectivity index (χ1) is 16.9. The zero-order valence-corrected chi connectivity index (χ0v) is 19.7. The molecule has 1 heterocycles. The molecule has 3 aromatic rings. The molecule has 0 radical (unpaired) electrons. The summed E-state index contributed by atoms with van der Waals surface area (Å²) in [4.78, 5) is 31.9. The number of nitrogens with one attached hydrogen (secondary N) is 1. The predicted octanol–water partition coefficient (Wildman–Crippen LogP) is 5.18. The summed E-state index contributed by atoms with van der Waals surface area (Å²) < 4.78 is 31.6.